The normalized spacial score (nSPS) is 14.5. The molecule has 8 nitrogen and oxygen atoms in total. The highest BCUT2D eigenvalue weighted by molar-refractivity contribution is 9.10. The minimum absolute atomic E-state index is 0.205. The molecule has 0 saturated carbocycles. The van der Waals surface area contributed by atoms with Gasteiger partial charge in [0, 0.05) is 17.1 Å². The maximum atomic E-state index is 14.0. The summed E-state index contributed by atoms with van der Waals surface area (Å²) in [4.78, 5) is 18.7. The number of benzene rings is 2. The Morgan fingerprint density at radius 2 is 1.95 bits per heavy atom. The Morgan fingerprint density at radius 3 is 2.67 bits per heavy atom. The van der Waals surface area contributed by atoms with Crippen molar-refractivity contribution in [3.63, 3.8) is 0 Å². The number of carbonyl (C=O) groups is 1. The van der Waals surface area contributed by atoms with Gasteiger partial charge in [-0.15, -0.1) is 5.10 Å². The summed E-state index contributed by atoms with van der Waals surface area (Å²) in [5.74, 6) is 2.56. The predicted octanol–water partition coefficient (Wildman–Crippen LogP) is 7.66. The number of anilines is 2. The van der Waals surface area contributed by atoms with Crippen molar-refractivity contribution in [2.45, 2.75) is 71.5 Å². The molecule has 0 aliphatic carbocycles. The molecular weight excluding hydrogens is 590 g/mol. The first-order valence-electron chi connectivity index (χ1n) is 13.7. The summed E-state index contributed by atoms with van der Waals surface area (Å²) in [5.41, 5.74) is 5.02. The Balaban J connectivity index is 1.79. The number of methoxy groups -OCH3 is 1. The number of thioether (sulfide) groups is 1. The third kappa shape index (κ3) is 6.49. The zero-order chi connectivity index (χ0) is 28.8. The van der Waals surface area contributed by atoms with E-state index in [0.29, 0.717) is 34.8 Å². The number of amides is 1. The van der Waals surface area contributed by atoms with Gasteiger partial charge in [-0.05, 0) is 84.4 Å². The van der Waals surface area contributed by atoms with Crippen LogP contribution in [0, 0.1) is 13.8 Å². The van der Waals surface area contributed by atoms with Crippen LogP contribution in [0.2, 0.25) is 0 Å². The molecule has 1 amide bonds. The lowest BCUT2D eigenvalue weighted by Gasteiger charge is -2.29. The van der Waals surface area contributed by atoms with Crippen LogP contribution in [0.4, 0.5) is 11.6 Å². The number of hydrogen-bond acceptors (Lipinski definition) is 7. The molecule has 0 fully saturated rings. The van der Waals surface area contributed by atoms with Crippen molar-refractivity contribution in [1.29, 1.82) is 0 Å². The number of hydrogen-bond donors (Lipinski definition) is 2. The van der Waals surface area contributed by atoms with Gasteiger partial charge in [-0.25, -0.2) is 4.68 Å². The molecule has 1 aliphatic rings. The number of ether oxygens (including phenoxy) is 2. The van der Waals surface area contributed by atoms with Crippen molar-refractivity contribution in [1.82, 2.24) is 14.8 Å². The van der Waals surface area contributed by atoms with Gasteiger partial charge in [0.05, 0.1) is 23.8 Å². The molecule has 2 N–H and O–H groups in total. The third-order valence-corrected chi connectivity index (χ3v) is 8.48. The summed E-state index contributed by atoms with van der Waals surface area (Å²) in [6, 6.07) is 9.28. The number of fused-ring (bicyclic) bond motifs is 1. The number of unbranched alkanes of at least 4 members (excludes halogenated alkanes) is 2. The third-order valence-electron chi connectivity index (χ3n) is 6.97. The van der Waals surface area contributed by atoms with Gasteiger partial charge in [-0.2, -0.15) is 4.98 Å². The Morgan fingerprint density at radius 1 is 1.18 bits per heavy atom. The average Bonchev–Trinajstić information content (AvgIpc) is 3.33. The lowest BCUT2D eigenvalue weighted by atomic mass is 9.94. The average molecular weight is 629 g/mol. The number of aryl methyl sites for hydroxylation is 1. The Labute approximate surface area is 249 Å². The van der Waals surface area contributed by atoms with Crippen LogP contribution in [0.5, 0.6) is 11.5 Å². The molecular formula is C30H38BrN5O3S. The van der Waals surface area contributed by atoms with Gasteiger partial charge in [0.1, 0.15) is 6.04 Å². The van der Waals surface area contributed by atoms with E-state index in [9.17, 15) is 4.79 Å². The molecule has 1 unspecified atom stereocenters. The van der Waals surface area contributed by atoms with E-state index in [1.807, 2.05) is 51.1 Å². The fraction of sp³-hybridized carbons (Fsp3) is 0.433. The van der Waals surface area contributed by atoms with E-state index in [4.69, 9.17) is 19.6 Å². The van der Waals surface area contributed by atoms with E-state index < -0.39 is 6.04 Å². The zero-order valence-corrected chi connectivity index (χ0v) is 26.5. The molecule has 1 aliphatic heterocycles. The second kappa shape index (κ2) is 13.6. The summed E-state index contributed by atoms with van der Waals surface area (Å²) in [6.45, 7) is 10.8. The SMILES string of the molecule is CCCCOc1c(Br)cc(C2C(C(=O)Nc3cccc(C)c3C)=C(C)Nc3nc(SCCCC)nn32)cc1OC. The topological polar surface area (TPSA) is 90.3 Å². The van der Waals surface area contributed by atoms with E-state index in [1.165, 1.54) is 0 Å². The molecule has 2 heterocycles. The van der Waals surface area contributed by atoms with Gasteiger partial charge in [0.25, 0.3) is 5.91 Å². The largest absolute Gasteiger partial charge is 0.493 e. The minimum atomic E-state index is -0.538. The summed E-state index contributed by atoms with van der Waals surface area (Å²) in [5, 5.41) is 12.0. The highest BCUT2D eigenvalue weighted by Gasteiger charge is 2.35. The van der Waals surface area contributed by atoms with Crippen molar-refractivity contribution >= 4 is 45.2 Å². The summed E-state index contributed by atoms with van der Waals surface area (Å²) in [6.07, 6.45) is 4.15. The molecule has 40 heavy (non-hydrogen) atoms. The van der Waals surface area contributed by atoms with Crippen LogP contribution in [0.1, 0.15) is 69.2 Å². The fourth-order valence-electron chi connectivity index (χ4n) is 4.54. The van der Waals surface area contributed by atoms with E-state index in [-0.39, 0.29) is 5.91 Å². The van der Waals surface area contributed by atoms with E-state index >= 15 is 0 Å². The standard InChI is InChI=1S/C30H38BrN5O3S/c1-7-9-14-39-27-22(31)16-21(17-24(27)38-6)26-25(28(37)33-23-13-11-12-18(3)19(23)4)20(5)32-29-34-30(35-36(26)29)40-15-10-8-2/h11-13,16-17,26H,7-10,14-15H2,1-6H3,(H,33,37)(H,32,34,35). The first-order valence-corrected chi connectivity index (χ1v) is 15.5. The predicted molar refractivity (Wildman–Crippen MR) is 166 cm³/mol. The van der Waals surface area contributed by atoms with Crippen LogP contribution in [0.15, 0.2) is 51.2 Å². The molecule has 214 valence electrons. The van der Waals surface area contributed by atoms with Crippen LogP contribution in [-0.4, -0.2) is 40.1 Å². The summed E-state index contributed by atoms with van der Waals surface area (Å²) < 4.78 is 14.4. The second-order valence-electron chi connectivity index (χ2n) is 9.87. The van der Waals surface area contributed by atoms with E-state index in [0.717, 1.165) is 64.0 Å². The number of aromatic nitrogens is 3. The van der Waals surface area contributed by atoms with Crippen LogP contribution in [0.25, 0.3) is 0 Å². The molecule has 1 aromatic heterocycles. The number of allylic oxidation sites excluding steroid dienone is 1. The molecule has 0 spiro atoms. The van der Waals surface area contributed by atoms with Crippen LogP contribution >= 0.6 is 27.7 Å². The fourth-order valence-corrected chi connectivity index (χ4v) is 6.02. The number of halogens is 1. The van der Waals surface area contributed by atoms with Crippen molar-refractivity contribution in [2.24, 2.45) is 0 Å². The zero-order valence-electron chi connectivity index (χ0n) is 24.1. The Bertz CT molecular complexity index is 1400. The lowest BCUT2D eigenvalue weighted by Crippen LogP contribution is -2.31. The van der Waals surface area contributed by atoms with E-state index in [1.54, 1.807) is 23.6 Å². The molecule has 0 radical (unpaired) electrons. The maximum Gasteiger partial charge on any atom is 0.255 e. The highest BCUT2D eigenvalue weighted by Crippen LogP contribution is 2.43. The Hall–Kier alpha value is -2.98. The van der Waals surface area contributed by atoms with Gasteiger partial charge in [-0.3, -0.25) is 4.79 Å². The highest BCUT2D eigenvalue weighted by atomic mass is 79.9. The molecule has 0 saturated heterocycles. The number of carbonyl (C=O) groups excluding carboxylic acids is 1. The van der Waals surface area contributed by atoms with Crippen LogP contribution < -0.4 is 20.1 Å². The molecule has 0 bridgehead atoms. The van der Waals surface area contributed by atoms with Crippen molar-refractivity contribution < 1.29 is 14.3 Å². The van der Waals surface area contributed by atoms with Gasteiger partial charge in [-0.1, -0.05) is 50.6 Å². The van der Waals surface area contributed by atoms with Gasteiger partial charge >= 0.3 is 0 Å². The van der Waals surface area contributed by atoms with Crippen molar-refractivity contribution in [3.05, 3.63) is 62.8 Å². The summed E-state index contributed by atoms with van der Waals surface area (Å²) in [7, 11) is 1.62. The molecule has 2 aromatic carbocycles. The van der Waals surface area contributed by atoms with Gasteiger partial charge < -0.3 is 20.1 Å². The van der Waals surface area contributed by atoms with Gasteiger partial charge in [0.2, 0.25) is 11.1 Å². The first kappa shape index (κ1) is 30.0. The number of rotatable bonds is 12. The van der Waals surface area contributed by atoms with Crippen LogP contribution in [-0.2, 0) is 4.79 Å². The minimum Gasteiger partial charge on any atom is -0.493 e. The quantitative estimate of drug-likeness (QED) is 0.157. The van der Waals surface area contributed by atoms with Crippen molar-refractivity contribution in [2.75, 3.05) is 30.1 Å². The second-order valence-corrected chi connectivity index (χ2v) is 11.8. The van der Waals surface area contributed by atoms with Gasteiger partial charge in [0.15, 0.2) is 11.5 Å². The smallest absolute Gasteiger partial charge is 0.255 e. The maximum absolute atomic E-state index is 14.0. The van der Waals surface area contributed by atoms with Crippen LogP contribution in [0.3, 0.4) is 0 Å². The molecule has 1 atom stereocenters. The molecule has 3 aromatic rings. The summed E-state index contributed by atoms with van der Waals surface area (Å²) >= 11 is 5.32. The van der Waals surface area contributed by atoms with E-state index in [2.05, 4.69) is 40.4 Å². The lowest BCUT2D eigenvalue weighted by molar-refractivity contribution is -0.113. The first-order chi connectivity index (χ1) is 19.3. The number of nitrogens with zero attached hydrogens (tertiary/aromatic N) is 3. The molecule has 4 rings (SSSR count). The number of nitrogens with one attached hydrogen (secondary N) is 2. The molecule has 10 heteroatoms. The van der Waals surface area contributed by atoms with Crippen molar-refractivity contribution in [3.8, 4) is 11.5 Å². The monoisotopic (exact) mass is 627 g/mol. The Kier molecular flexibility index (Phi) is 10.2.